The highest BCUT2D eigenvalue weighted by molar-refractivity contribution is 5.98. The van der Waals surface area contributed by atoms with Crippen molar-refractivity contribution in [2.45, 2.75) is 12.5 Å². The van der Waals surface area contributed by atoms with Crippen molar-refractivity contribution >= 4 is 17.3 Å². The van der Waals surface area contributed by atoms with Crippen LogP contribution in [-0.2, 0) is 4.79 Å². The predicted octanol–water partition coefficient (Wildman–Crippen LogP) is 0.366. The number of aliphatic hydroxyl groups is 1. The summed E-state index contributed by atoms with van der Waals surface area (Å²) < 4.78 is 0. The Bertz CT molecular complexity index is 348. The minimum Gasteiger partial charge on any atom is -0.399 e. The highest BCUT2D eigenvalue weighted by atomic mass is 16.3. The summed E-state index contributed by atoms with van der Waals surface area (Å²) in [5.41, 5.74) is 6.99. The highest BCUT2D eigenvalue weighted by Gasteiger charge is 2.30. The Hall–Kier alpha value is -1.55. The molecule has 4 heteroatoms. The molecule has 1 atom stereocenters. The standard InChI is InChI=1S/C10H12N2O2/c11-7-1-3-8(4-2-7)12-6-5-9(13)10(12)14/h1-4,9,13H,5-6,11H2. The summed E-state index contributed by atoms with van der Waals surface area (Å²) in [6.45, 7) is 0.573. The average Bonchev–Trinajstić information content (AvgIpc) is 2.50. The number of anilines is 2. The second-order valence-corrected chi connectivity index (χ2v) is 3.39. The monoisotopic (exact) mass is 192 g/mol. The van der Waals surface area contributed by atoms with E-state index in [1.807, 2.05) is 0 Å². The largest absolute Gasteiger partial charge is 0.399 e. The van der Waals surface area contributed by atoms with E-state index in [9.17, 15) is 9.90 Å². The van der Waals surface area contributed by atoms with E-state index in [1.165, 1.54) is 0 Å². The zero-order chi connectivity index (χ0) is 10.1. The van der Waals surface area contributed by atoms with Crippen LogP contribution in [0.25, 0.3) is 0 Å². The van der Waals surface area contributed by atoms with Crippen LogP contribution < -0.4 is 10.6 Å². The Balaban J connectivity index is 2.24. The molecular weight excluding hydrogens is 180 g/mol. The SMILES string of the molecule is Nc1ccc(N2CCC(O)C2=O)cc1. The van der Waals surface area contributed by atoms with Crippen molar-refractivity contribution in [2.75, 3.05) is 17.2 Å². The summed E-state index contributed by atoms with van der Waals surface area (Å²) >= 11 is 0. The molecular formula is C10H12N2O2. The van der Waals surface area contributed by atoms with Gasteiger partial charge in [0.05, 0.1) is 0 Å². The first-order chi connectivity index (χ1) is 6.68. The fraction of sp³-hybridized carbons (Fsp3) is 0.300. The molecule has 0 spiro atoms. The smallest absolute Gasteiger partial charge is 0.255 e. The third kappa shape index (κ3) is 1.44. The molecule has 1 heterocycles. The molecule has 0 aromatic heterocycles. The van der Waals surface area contributed by atoms with Gasteiger partial charge in [-0.25, -0.2) is 0 Å². The molecule has 1 aliphatic rings. The lowest BCUT2D eigenvalue weighted by Gasteiger charge is -2.15. The molecule has 1 aromatic rings. The Morgan fingerprint density at radius 2 is 2.00 bits per heavy atom. The van der Waals surface area contributed by atoms with Gasteiger partial charge < -0.3 is 15.7 Å². The molecule has 3 N–H and O–H groups in total. The van der Waals surface area contributed by atoms with Crippen LogP contribution >= 0.6 is 0 Å². The van der Waals surface area contributed by atoms with E-state index in [0.29, 0.717) is 18.7 Å². The fourth-order valence-corrected chi connectivity index (χ4v) is 1.58. The molecule has 74 valence electrons. The van der Waals surface area contributed by atoms with Gasteiger partial charge in [0.25, 0.3) is 5.91 Å². The van der Waals surface area contributed by atoms with E-state index < -0.39 is 6.10 Å². The minimum absolute atomic E-state index is 0.227. The Morgan fingerprint density at radius 3 is 2.50 bits per heavy atom. The Labute approximate surface area is 81.9 Å². The molecule has 1 amide bonds. The van der Waals surface area contributed by atoms with Crippen LogP contribution in [-0.4, -0.2) is 23.7 Å². The van der Waals surface area contributed by atoms with E-state index in [4.69, 9.17) is 5.73 Å². The van der Waals surface area contributed by atoms with Crippen molar-refractivity contribution in [3.8, 4) is 0 Å². The first-order valence-corrected chi connectivity index (χ1v) is 4.53. The number of amides is 1. The van der Waals surface area contributed by atoms with Crippen LogP contribution in [0, 0.1) is 0 Å². The van der Waals surface area contributed by atoms with Gasteiger partial charge in [0, 0.05) is 24.3 Å². The maximum Gasteiger partial charge on any atom is 0.255 e. The average molecular weight is 192 g/mol. The van der Waals surface area contributed by atoms with Crippen LogP contribution in [0.4, 0.5) is 11.4 Å². The maximum absolute atomic E-state index is 11.4. The molecule has 1 fully saturated rings. The van der Waals surface area contributed by atoms with Crippen LogP contribution in [0.5, 0.6) is 0 Å². The van der Waals surface area contributed by atoms with E-state index in [2.05, 4.69) is 0 Å². The molecule has 1 aliphatic heterocycles. The van der Waals surface area contributed by atoms with Gasteiger partial charge in [-0.3, -0.25) is 4.79 Å². The van der Waals surface area contributed by atoms with Gasteiger partial charge in [0.2, 0.25) is 0 Å². The van der Waals surface area contributed by atoms with Crippen molar-refractivity contribution in [2.24, 2.45) is 0 Å². The number of benzene rings is 1. The first-order valence-electron chi connectivity index (χ1n) is 4.53. The predicted molar refractivity (Wildman–Crippen MR) is 53.8 cm³/mol. The summed E-state index contributed by atoms with van der Waals surface area (Å²) in [6, 6.07) is 7.05. The van der Waals surface area contributed by atoms with Crippen LogP contribution in [0.1, 0.15) is 6.42 Å². The lowest BCUT2D eigenvalue weighted by Crippen LogP contribution is -2.28. The number of nitrogen functional groups attached to an aromatic ring is 1. The first kappa shape index (κ1) is 9.02. The summed E-state index contributed by atoms with van der Waals surface area (Å²) in [7, 11) is 0. The van der Waals surface area contributed by atoms with Gasteiger partial charge in [0.15, 0.2) is 0 Å². The van der Waals surface area contributed by atoms with Gasteiger partial charge in [-0.1, -0.05) is 0 Å². The zero-order valence-electron chi connectivity index (χ0n) is 7.68. The fourth-order valence-electron chi connectivity index (χ4n) is 1.58. The molecule has 2 rings (SSSR count). The van der Waals surface area contributed by atoms with Gasteiger partial charge in [-0.2, -0.15) is 0 Å². The molecule has 14 heavy (non-hydrogen) atoms. The topological polar surface area (TPSA) is 66.6 Å². The van der Waals surface area contributed by atoms with Crippen molar-refractivity contribution in [1.29, 1.82) is 0 Å². The molecule has 0 bridgehead atoms. The summed E-state index contributed by atoms with van der Waals surface area (Å²) in [4.78, 5) is 13.0. The van der Waals surface area contributed by atoms with E-state index in [0.717, 1.165) is 5.69 Å². The van der Waals surface area contributed by atoms with Crippen LogP contribution in [0.15, 0.2) is 24.3 Å². The van der Waals surface area contributed by atoms with Crippen LogP contribution in [0.3, 0.4) is 0 Å². The number of carbonyl (C=O) groups is 1. The van der Waals surface area contributed by atoms with Gasteiger partial charge in [-0.15, -0.1) is 0 Å². The van der Waals surface area contributed by atoms with Crippen LogP contribution in [0.2, 0.25) is 0 Å². The Kier molecular flexibility index (Phi) is 2.13. The number of nitrogens with zero attached hydrogens (tertiary/aromatic N) is 1. The summed E-state index contributed by atoms with van der Waals surface area (Å²) in [5.74, 6) is -0.227. The highest BCUT2D eigenvalue weighted by Crippen LogP contribution is 2.22. The number of hydrogen-bond donors (Lipinski definition) is 2. The zero-order valence-corrected chi connectivity index (χ0v) is 7.68. The molecule has 0 saturated carbocycles. The number of aliphatic hydroxyl groups excluding tert-OH is 1. The normalized spacial score (nSPS) is 21.6. The lowest BCUT2D eigenvalue weighted by atomic mass is 10.2. The number of nitrogens with two attached hydrogens (primary N) is 1. The van der Waals surface area contributed by atoms with E-state index >= 15 is 0 Å². The van der Waals surface area contributed by atoms with Gasteiger partial charge in [-0.05, 0) is 24.3 Å². The maximum atomic E-state index is 11.4. The quantitative estimate of drug-likeness (QED) is 0.631. The lowest BCUT2D eigenvalue weighted by molar-refractivity contribution is -0.123. The van der Waals surface area contributed by atoms with Gasteiger partial charge in [0.1, 0.15) is 6.10 Å². The van der Waals surface area contributed by atoms with Crippen molar-refractivity contribution < 1.29 is 9.90 Å². The Morgan fingerprint density at radius 1 is 1.36 bits per heavy atom. The summed E-state index contributed by atoms with van der Waals surface area (Å²) in [5, 5.41) is 9.27. The van der Waals surface area contributed by atoms with Crippen molar-refractivity contribution in [3.05, 3.63) is 24.3 Å². The molecule has 1 aromatic carbocycles. The molecule has 4 nitrogen and oxygen atoms in total. The second kappa shape index (κ2) is 3.31. The van der Waals surface area contributed by atoms with E-state index in [-0.39, 0.29) is 5.91 Å². The van der Waals surface area contributed by atoms with Crippen molar-refractivity contribution in [1.82, 2.24) is 0 Å². The third-order valence-electron chi connectivity index (χ3n) is 2.38. The second-order valence-electron chi connectivity index (χ2n) is 3.39. The number of hydrogen-bond acceptors (Lipinski definition) is 3. The number of carbonyl (C=O) groups excluding carboxylic acids is 1. The van der Waals surface area contributed by atoms with Crippen molar-refractivity contribution in [3.63, 3.8) is 0 Å². The molecule has 1 saturated heterocycles. The number of rotatable bonds is 1. The minimum atomic E-state index is -0.840. The van der Waals surface area contributed by atoms with E-state index in [1.54, 1.807) is 29.2 Å². The van der Waals surface area contributed by atoms with Gasteiger partial charge >= 0.3 is 0 Å². The summed E-state index contributed by atoms with van der Waals surface area (Å²) in [6.07, 6.45) is -0.337. The molecule has 0 radical (unpaired) electrons. The molecule has 0 aliphatic carbocycles. The third-order valence-corrected chi connectivity index (χ3v) is 2.38. The molecule has 1 unspecified atom stereocenters.